The zero-order valence-electron chi connectivity index (χ0n) is 17.4. The molecule has 0 aliphatic carbocycles. The Kier molecular flexibility index (Phi) is 8.07. The largest absolute Gasteiger partial charge is 0.460 e. The van der Waals surface area contributed by atoms with Crippen LogP contribution in [0.4, 0.5) is 70.2 Å². The van der Waals surface area contributed by atoms with E-state index in [1.165, 1.54) is 0 Å². The molecule has 0 fully saturated rings. The molecule has 0 bridgehead atoms. The van der Waals surface area contributed by atoms with Crippen LogP contribution in [0.3, 0.4) is 0 Å². The Morgan fingerprint density at radius 1 is 0.368 bits per heavy atom. The van der Waals surface area contributed by atoms with Crippen molar-refractivity contribution < 1.29 is 70.2 Å². The molecule has 0 spiro atoms. The van der Waals surface area contributed by atoms with Gasteiger partial charge in [0.15, 0.2) is 0 Å². The topological polar surface area (TPSA) is 0 Å². The van der Waals surface area contributed by atoms with Crippen LogP contribution in [-0.2, 0) is 5.67 Å². The summed E-state index contributed by atoms with van der Waals surface area (Å²) < 4.78 is 221. The van der Waals surface area contributed by atoms with Gasteiger partial charge in [-0.1, -0.05) is 68.3 Å². The van der Waals surface area contributed by atoms with E-state index in [-0.39, 0.29) is 12.1 Å². The van der Waals surface area contributed by atoms with Crippen molar-refractivity contribution in [1.29, 1.82) is 0 Å². The Morgan fingerprint density at radius 3 is 0.921 bits per heavy atom. The summed E-state index contributed by atoms with van der Waals surface area (Å²) in [5.74, 6) is -48.8. The summed E-state index contributed by atoms with van der Waals surface area (Å²) in [6, 6.07) is 5.24. The SMILES string of the molecule is FC(F)(F)C(F)(F)C(F)(F)C(F)(F)C(F)(F)C(F)(F)C(F)(F)C(F)(c1ccccc1Br)c1ccccc1Br. The molecule has 2 aromatic rings. The minimum absolute atomic E-state index is 0.274. The van der Waals surface area contributed by atoms with Gasteiger partial charge in [-0.3, -0.25) is 0 Å². The van der Waals surface area contributed by atoms with Crippen molar-refractivity contribution in [3.8, 4) is 0 Å². The molecule has 0 aliphatic heterocycles. The molecule has 0 aliphatic rings. The van der Waals surface area contributed by atoms with E-state index in [9.17, 15) is 57.1 Å². The zero-order chi connectivity index (χ0) is 30.0. The van der Waals surface area contributed by atoms with E-state index in [0.717, 1.165) is 12.1 Å². The van der Waals surface area contributed by atoms with Gasteiger partial charge in [-0.25, -0.2) is 4.39 Å². The molecule has 214 valence electrons. The molecule has 0 nitrogen and oxygen atoms in total. The second-order valence-corrected chi connectivity index (χ2v) is 9.27. The third-order valence-electron chi connectivity index (χ3n) is 5.25. The lowest BCUT2D eigenvalue weighted by atomic mass is 9.77. The lowest BCUT2D eigenvalue weighted by Gasteiger charge is -2.45. The Balaban J connectivity index is 2.93. The highest BCUT2D eigenvalue weighted by atomic mass is 79.9. The van der Waals surface area contributed by atoms with Crippen molar-refractivity contribution in [1.82, 2.24) is 0 Å². The number of hydrogen-bond acceptors (Lipinski definition) is 0. The van der Waals surface area contributed by atoms with E-state index in [1.807, 2.05) is 0 Å². The standard InChI is InChI=1S/C20H8Br2F16/c21-11-7-3-1-5-9(11)13(23,10-6-2-4-8-12(10)22)14(24,25)15(26,27)16(28,29)17(30,31)18(32,33)19(34,35)20(36,37)38/h1-8H. The van der Waals surface area contributed by atoms with Crippen LogP contribution in [0.5, 0.6) is 0 Å². The average Bonchev–Trinajstić information content (AvgIpc) is 2.77. The summed E-state index contributed by atoms with van der Waals surface area (Å²) in [5.41, 5.74) is -8.66. The van der Waals surface area contributed by atoms with Gasteiger partial charge in [-0.2, -0.15) is 65.9 Å². The molecule has 0 unspecified atom stereocenters. The minimum Gasteiger partial charge on any atom is -0.226 e. The summed E-state index contributed by atoms with van der Waals surface area (Å²) in [4.78, 5) is 0. The van der Waals surface area contributed by atoms with Crippen molar-refractivity contribution >= 4 is 31.9 Å². The Labute approximate surface area is 218 Å². The molecular weight excluding hydrogens is 704 g/mol. The van der Waals surface area contributed by atoms with Crippen LogP contribution >= 0.6 is 31.9 Å². The van der Waals surface area contributed by atoms with Crippen LogP contribution in [0, 0.1) is 0 Å². The molecule has 2 aromatic carbocycles. The van der Waals surface area contributed by atoms with E-state index >= 15 is 13.2 Å². The molecule has 0 N–H and O–H groups in total. The fourth-order valence-corrected chi connectivity index (χ4v) is 4.26. The highest BCUT2D eigenvalue weighted by Crippen LogP contribution is 2.66. The van der Waals surface area contributed by atoms with Crippen LogP contribution in [0.15, 0.2) is 57.5 Å². The smallest absolute Gasteiger partial charge is 0.226 e. The van der Waals surface area contributed by atoms with Gasteiger partial charge in [-0.05, 0) is 12.1 Å². The molecule has 0 saturated carbocycles. The van der Waals surface area contributed by atoms with Gasteiger partial charge in [0.2, 0.25) is 5.67 Å². The van der Waals surface area contributed by atoms with Crippen LogP contribution in [-0.4, -0.2) is 41.7 Å². The predicted molar refractivity (Wildman–Crippen MR) is 106 cm³/mol. The van der Waals surface area contributed by atoms with Gasteiger partial charge in [0.1, 0.15) is 0 Å². The molecule has 0 amide bonds. The molecule has 38 heavy (non-hydrogen) atoms. The van der Waals surface area contributed by atoms with Crippen LogP contribution < -0.4 is 0 Å². The van der Waals surface area contributed by atoms with Crippen LogP contribution in [0.25, 0.3) is 0 Å². The van der Waals surface area contributed by atoms with Crippen LogP contribution in [0.1, 0.15) is 11.1 Å². The fraction of sp³-hybridized carbons (Fsp3) is 0.400. The van der Waals surface area contributed by atoms with E-state index in [4.69, 9.17) is 0 Å². The molecule has 0 heterocycles. The summed E-state index contributed by atoms with van der Waals surface area (Å²) >= 11 is 4.94. The van der Waals surface area contributed by atoms with Crippen molar-refractivity contribution in [3.05, 3.63) is 68.6 Å². The third-order valence-corrected chi connectivity index (χ3v) is 6.63. The second-order valence-electron chi connectivity index (χ2n) is 7.56. The first kappa shape index (κ1) is 32.5. The maximum Gasteiger partial charge on any atom is 0.460 e. The third kappa shape index (κ3) is 4.18. The first-order valence-electron chi connectivity index (χ1n) is 9.31. The van der Waals surface area contributed by atoms with E-state index < -0.39 is 67.5 Å². The summed E-state index contributed by atoms with van der Waals surface area (Å²) in [6.07, 6.45) is -7.73. The van der Waals surface area contributed by atoms with Gasteiger partial charge in [-0.15, -0.1) is 0 Å². The van der Waals surface area contributed by atoms with Gasteiger partial charge in [0.25, 0.3) is 0 Å². The monoisotopic (exact) mass is 710 g/mol. The molecule has 0 aromatic heterocycles. The Morgan fingerprint density at radius 2 is 0.632 bits per heavy atom. The highest BCUT2D eigenvalue weighted by Gasteiger charge is 2.95. The van der Waals surface area contributed by atoms with Gasteiger partial charge < -0.3 is 0 Å². The highest BCUT2D eigenvalue weighted by molar-refractivity contribution is 9.10. The van der Waals surface area contributed by atoms with Gasteiger partial charge >= 0.3 is 41.7 Å². The lowest BCUT2D eigenvalue weighted by molar-refractivity contribution is -0.457. The number of halogens is 18. The molecule has 2 rings (SSSR count). The first-order valence-corrected chi connectivity index (χ1v) is 10.9. The molecular formula is C20H8Br2F16. The normalized spacial score (nSPS) is 15.1. The van der Waals surface area contributed by atoms with E-state index in [0.29, 0.717) is 24.3 Å². The number of alkyl halides is 16. The van der Waals surface area contributed by atoms with E-state index in [1.54, 1.807) is 0 Å². The first-order chi connectivity index (χ1) is 16.8. The van der Waals surface area contributed by atoms with Crippen molar-refractivity contribution in [3.63, 3.8) is 0 Å². The van der Waals surface area contributed by atoms with E-state index in [2.05, 4.69) is 31.9 Å². The summed E-state index contributed by atoms with van der Waals surface area (Å²) in [5, 5.41) is 0. The summed E-state index contributed by atoms with van der Waals surface area (Å²) in [7, 11) is 0. The number of benzene rings is 2. The minimum atomic E-state index is -8.53. The Bertz CT molecular complexity index is 1130. The Hall–Kier alpha value is -1.72. The maximum atomic E-state index is 16.3. The maximum absolute atomic E-state index is 16.3. The number of hydrogen-bond donors (Lipinski definition) is 0. The van der Waals surface area contributed by atoms with Gasteiger partial charge in [0, 0.05) is 20.1 Å². The quantitative estimate of drug-likeness (QED) is 0.239. The van der Waals surface area contributed by atoms with Crippen molar-refractivity contribution in [2.75, 3.05) is 0 Å². The molecule has 0 atom stereocenters. The molecule has 0 radical (unpaired) electrons. The zero-order valence-corrected chi connectivity index (χ0v) is 20.6. The number of rotatable bonds is 8. The van der Waals surface area contributed by atoms with Gasteiger partial charge in [0.05, 0.1) is 0 Å². The van der Waals surface area contributed by atoms with Crippen LogP contribution in [0.2, 0.25) is 0 Å². The molecule has 0 saturated heterocycles. The fourth-order valence-electron chi connectivity index (χ4n) is 3.15. The summed E-state index contributed by atoms with van der Waals surface area (Å²) in [6.45, 7) is 0. The lowest BCUT2D eigenvalue weighted by Crippen LogP contribution is -2.74. The predicted octanol–water partition coefficient (Wildman–Crippen LogP) is 9.80. The molecule has 18 heteroatoms. The second kappa shape index (κ2) is 9.44. The van der Waals surface area contributed by atoms with Crippen molar-refractivity contribution in [2.24, 2.45) is 0 Å². The average molecular weight is 712 g/mol. The van der Waals surface area contributed by atoms with Crippen molar-refractivity contribution in [2.45, 2.75) is 47.4 Å².